The van der Waals surface area contributed by atoms with Gasteiger partial charge in [0.2, 0.25) is 5.88 Å². The maximum Gasteiger partial charge on any atom is 2.00 e. The van der Waals surface area contributed by atoms with Crippen LogP contribution in [-0.2, 0) is 21.1 Å². The Morgan fingerprint density at radius 1 is 0.691 bits per heavy atom. The zero-order valence-electron chi connectivity index (χ0n) is 30.0. The first-order chi connectivity index (χ1) is 26.6. The SMILES string of the molecule is [C-]#[N+]c1cccc2c1c1ccc(S(c3[c-]c(Oc4ccccn4)ccc3)(c3ccccc3)c3ccccc3)[c-]c1c1nnc(-c3ccccc3C(C)C)n21.[Pt+2]. The van der Waals surface area contributed by atoms with Crippen molar-refractivity contribution >= 4 is 43.0 Å². The van der Waals surface area contributed by atoms with Gasteiger partial charge in [-0.1, -0.05) is 103 Å². The summed E-state index contributed by atoms with van der Waals surface area (Å²) in [5, 5.41) is 12.3. The van der Waals surface area contributed by atoms with E-state index in [1.807, 2.05) is 60.7 Å². The first-order valence-electron chi connectivity index (χ1n) is 17.8. The quantitative estimate of drug-likeness (QED) is 0.113. The average Bonchev–Trinajstić information content (AvgIpc) is 3.68. The van der Waals surface area contributed by atoms with Gasteiger partial charge in [-0.15, -0.1) is 45.7 Å². The third-order valence-corrected chi connectivity index (χ3v) is 13.5. The van der Waals surface area contributed by atoms with Crippen LogP contribution < -0.4 is 4.74 Å². The molecule has 0 atom stereocenters. The van der Waals surface area contributed by atoms with Gasteiger partial charge in [-0.25, -0.2) is 9.83 Å². The molecule has 0 spiro atoms. The van der Waals surface area contributed by atoms with E-state index in [9.17, 15) is 0 Å². The molecule has 55 heavy (non-hydrogen) atoms. The average molecular weight is 911 g/mol. The van der Waals surface area contributed by atoms with Gasteiger partial charge in [0.05, 0.1) is 12.2 Å². The van der Waals surface area contributed by atoms with Crippen molar-refractivity contribution in [3.63, 3.8) is 0 Å². The zero-order chi connectivity index (χ0) is 36.6. The van der Waals surface area contributed by atoms with E-state index >= 15 is 0 Å². The molecule has 0 aliphatic heterocycles. The third kappa shape index (κ3) is 6.09. The topological polar surface area (TPSA) is 56.7 Å². The molecule has 9 aromatic rings. The number of ether oxygens (including phenoxy) is 1. The molecule has 268 valence electrons. The molecule has 0 unspecified atom stereocenters. The molecule has 6 aromatic carbocycles. The van der Waals surface area contributed by atoms with Crippen LogP contribution in [0, 0.1) is 18.7 Å². The maximum absolute atomic E-state index is 8.22. The van der Waals surface area contributed by atoms with Crippen molar-refractivity contribution in [3.8, 4) is 23.0 Å². The summed E-state index contributed by atoms with van der Waals surface area (Å²) in [5.41, 5.74) is 4.32. The molecule has 0 fully saturated rings. The molecule has 0 aliphatic carbocycles. The van der Waals surface area contributed by atoms with Gasteiger partial charge in [0.25, 0.3) is 0 Å². The Bertz CT molecular complexity index is 2820. The second-order valence-electron chi connectivity index (χ2n) is 13.2. The van der Waals surface area contributed by atoms with Gasteiger partial charge in [0.15, 0.2) is 11.5 Å². The number of nitrogens with zero attached hydrogens (tertiary/aromatic N) is 5. The summed E-state index contributed by atoms with van der Waals surface area (Å²) in [6.45, 7) is 12.6. The van der Waals surface area contributed by atoms with Crippen molar-refractivity contribution in [2.45, 2.75) is 39.3 Å². The Balaban J connectivity index is 0.00000427. The van der Waals surface area contributed by atoms with E-state index in [-0.39, 0.29) is 27.0 Å². The van der Waals surface area contributed by atoms with Gasteiger partial charge in [0, 0.05) is 29.1 Å². The molecule has 9 rings (SSSR count). The Morgan fingerprint density at radius 3 is 2.09 bits per heavy atom. The summed E-state index contributed by atoms with van der Waals surface area (Å²) < 4.78 is 8.40. The van der Waals surface area contributed by atoms with Gasteiger partial charge in [-0.3, -0.25) is 0 Å². The molecule has 0 aliphatic rings. The predicted octanol–water partition coefficient (Wildman–Crippen LogP) is 12.5. The van der Waals surface area contributed by atoms with Crippen LogP contribution in [-0.4, -0.2) is 19.6 Å². The van der Waals surface area contributed by atoms with Crippen molar-refractivity contribution in [2.24, 2.45) is 0 Å². The number of benzene rings is 6. The third-order valence-electron chi connectivity index (χ3n) is 9.73. The van der Waals surface area contributed by atoms with Gasteiger partial charge < -0.3 is 9.14 Å². The van der Waals surface area contributed by atoms with E-state index in [0.717, 1.165) is 52.6 Å². The Labute approximate surface area is 335 Å². The molecule has 0 saturated heterocycles. The minimum absolute atomic E-state index is 0. The van der Waals surface area contributed by atoms with E-state index < -0.39 is 10.0 Å². The summed E-state index contributed by atoms with van der Waals surface area (Å²) in [5.74, 6) is 2.07. The van der Waals surface area contributed by atoms with Gasteiger partial charge in [-0.05, 0) is 63.1 Å². The number of hydrogen-bond donors (Lipinski definition) is 0. The van der Waals surface area contributed by atoms with E-state index in [2.05, 4.69) is 131 Å². The number of rotatable bonds is 8. The molecule has 0 amide bonds. The summed E-state index contributed by atoms with van der Waals surface area (Å²) in [7, 11) is -2.25. The summed E-state index contributed by atoms with van der Waals surface area (Å²) in [6.07, 6.45) is 1.72. The monoisotopic (exact) mass is 910 g/mol. The number of pyridine rings is 2. The van der Waals surface area contributed by atoms with Crippen LogP contribution in [0.15, 0.2) is 177 Å². The normalized spacial score (nSPS) is 11.7. The standard InChI is InChI=1S/C47H33N5OS.Pt/c1-32(2)38-22-10-11-23-40(38)46-50-51-47-41-31-37(27-28-39(41)45-42(48-3)24-15-25-43(45)52(46)47)54(34-17-6-4-7-18-34,35-19-8-5-9-20-35)36-21-14-16-33(30-36)53-44-26-12-13-29-49-44;/h4-29,32H,1-2H3;/q-2;+2. The van der Waals surface area contributed by atoms with E-state index in [4.69, 9.17) is 21.5 Å². The predicted molar refractivity (Wildman–Crippen MR) is 216 cm³/mol. The van der Waals surface area contributed by atoms with Crippen molar-refractivity contribution < 1.29 is 25.8 Å². The van der Waals surface area contributed by atoms with Crippen LogP contribution in [0.1, 0.15) is 25.3 Å². The fraction of sp³-hybridized carbons (Fsp3) is 0.0638. The fourth-order valence-electron chi connectivity index (χ4n) is 7.37. The fourth-order valence-corrected chi connectivity index (χ4v) is 11.1. The largest absolute Gasteiger partial charge is 2.00 e. The second kappa shape index (κ2) is 15.0. The van der Waals surface area contributed by atoms with E-state index in [0.29, 0.717) is 23.0 Å². The smallest absolute Gasteiger partial charge is 0.466 e. The maximum atomic E-state index is 8.22. The minimum Gasteiger partial charge on any atom is -0.466 e. The molecule has 0 radical (unpaired) electrons. The van der Waals surface area contributed by atoms with Crippen LogP contribution in [0.25, 0.3) is 43.6 Å². The first kappa shape index (κ1) is 35.9. The molecule has 0 N–H and O–H groups in total. The van der Waals surface area contributed by atoms with Crippen molar-refractivity contribution in [1.82, 2.24) is 19.6 Å². The summed E-state index contributed by atoms with van der Waals surface area (Å²) in [4.78, 5) is 12.6. The van der Waals surface area contributed by atoms with Crippen molar-refractivity contribution in [1.29, 1.82) is 0 Å². The van der Waals surface area contributed by atoms with Crippen LogP contribution in [0.2, 0.25) is 0 Å². The Kier molecular flexibility index (Phi) is 9.80. The zero-order valence-corrected chi connectivity index (χ0v) is 33.0. The van der Waals surface area contributed by atoms with Crippen LogP contribution in [0.5, 0.6) is 11.6 Å². The molecule has 8 heteroatoms. The van der Waals surface area contributed by atoms with E-state index in [1.54, 1.807) is 6.20 Å². The molecular weight excluding hydrogens is 878 g/mol. The first-order valence-corrected chi connectivity index (χ1v) is 19.4. The van der Waals surface area contributed by atoms with Crippen molar-refractivity contribution in [3.05, 3.63) is 187 Å². The number of aromatic nitrogens is 4. The summed E-state index contributed by atoms with van der Waals surface area (Å²) >= 11 is 0. The van der Waals surface area contributed by atoms with Crippen molar-refractivity contribution in [2.75, 3.05) is 0 Å². The Hall–Kier alpha value is -6.06. The molecular formula is C47H33N5OPtS. The molecule has 6 nitrogen and oxygen atoms in total. The van der Waals surface area contributed by atoms with E-state index in [1.165, 1.54) is 5.56 Å². The molecule has 0 saturated carbocycles. The van der Waals surface area contributed by atoms with Gasteiger partial charge in [-0.2, -0.15) is 27.3 Å². The van der Waals surface area contributed by atoms with Crippen LogP contribution in [0.4, 0.5) is 5.69 Å². The second-order valence-corrected chi connectivity index (χ2v) is 16.3. The van der Waals surface area contributed by atoms with Gasteiger partial charge in [0.1, 0.15) is 0 Å². The minimum atomic E-state index is -2.25. The van der Waals surface area contributed by atoms with Gasteiger partial charge >= 0.3 is 21.1 Å². The number of hydrogen-bond acceptors (Lipinski definition) is 4. The summed E-state index contributed by atoms with van der Waals surface area (Å²) in [6, 6.07) is 59.0. The Morgan fingerprint density at radius 2 is 1.38 bits per heavy atom. The van der Waals surface area contributed by atoms with Crippen LogP contribution in [0.3, 0.4) is 0 Å². The number of fused-ring (bicyclic) bond motifs is 6. The molecule has 3 heterocycles. The van der Waals surface area contributed by atoms with Crippen LogP contribution >= 0.6 is 10.0 Å². The molecule has 0 bridgehead atoms. The molecule has 3 aromatic heterocycles.